The topological polar surface area (TPSA) is 46.5 Å². The number of thioether (sulfide) groups is 1. The average molecular weight is 198 g/mol. The van der Waals surface area contributed by atoms with E-state index in [1.165, 1.54) is 11.8 Å². The van der Waals surface area contributed by atoms with E-state index in [-0.39, 0.29) is 6.61 Å². The summed E-state index contributed by atoms with van der Waals surface area (Å²) in [6.45, 7) is -0.294. The molecule has 3 nitrogen and oxygen atoms in total. The van der Waals surface area contributed by atoms with Crippen molar-refractivity contribution in [3.8, 4) is 5.75 Å². The van der Waals surface area contributed by atoms with E-state index in [4.69, 9.17) is 9.84 Å². The van der Waals surface area contributed by atoms with Crippen LogP contribution in [0.15, 0.2) is 29.2 Å². The van der Waals surface area contributed by atoms with Gasteiger partial charge in [0.25, 0.3) is 0 Å². The molecular formula is C9H10O3S. The van der Waals surface area contributed by atoms with E-state index in [2.05, 4.69) is 0 Å². The van der Waals surface area contributed by atoms with Crippen LogP contribution in [0.5, 0.6) is 5.75 Å². The van der Waals surface area contributed by atoms with E-state index in [9.17, 15) is 4.79 Å². The van der Waals surface area contributed by atoms with Crippen molar-refractivity contribution in [2.24, 2.45) is 0 Å². The molecule has 0 atom stereocenters. The van der Waals surface area contributed by atoms with Gasteiger partial charge in [0.1, 0.15) is 5.75 Å². The number of ether oxygens (including phenoxy) is 1. The predicted octanol–water partition coefficient (Wildman–Crippen LogP) is 1.87. The lowest BCUT2D eigenvalue weighted by atomic mass is 10.3. The van der Waals surface area contributed by atoms with E-state index >= 15 is 0 Å². The lowest BCUT2D eigenvalue weighted by Gasteiger charge is -2.06. The number of benzene rings is 1. The second-order valence-corrected chi connectivity index (χ2v) is 3.18. The molecule has 0 aromatic heterocycles. The third-order valence-corrected chi connectivity index (χ3v) is 2.20. The van der Waals surface area contributed by atoms with Crippen LogP contribution in [-0.4, -0.2) is 23.9 Å². The molecule has 0 aliphatic carbocycles. The monoisotopic (exact) mass is 198 g/mol. The maximum atomic E-state index is 10.2. The zero-order valence-electron chi connectivity index (χ0n) is 7.19. The smallest absolute Gasteiger partial charge is 0.341 e. The van der Waals surface area contributed by atoms with Gasteiger partial charge in [-0.3, -0.25) is 0 Å². The average Bonchev–Trinajstić information content (AvgIpc) is 2.15. The molecule has 0 saturated carbocycles. The van der Waals surface area contributed by atoms with Crippen molar-refractivity contribution < 1.29 is 14.6 Å². The van der Waals surface area contributed by atoms with Crippen molar-refractivity contribution in [1.82, 2.24) is 0 Å². The third-order valence-electron chi connectivity index (χ3n) is 1.42. The van der Waals surface area contributed by atoms with Crippen LogP contribution in [0.1, 0.15) is 0 Å². The van der Waals surface area contributed by atoms with Crippen LogP contribution in [0.4, 0.5) is 0 Å². The van der Waals surface area contributed by atoms with Gasteiger partial charge >= 0.3 is 5.97 Å². The highest BCUT2D eigenvalue weighted by Gasteiger charge is 2.03. The highest BCUT2D eigenvalue weighted by molar-refractivity contribution is 7.98. The van der Waals surface area contributed by atoms with Gasteiger partial charge in [-0.2, -0.15) is 0 Å². The summed E-state index contributed by atoms with van der Waals surface area (Å²) in [5.41, 5.74) is 0. The zero-order chi connectivity index (χ0) is 9.68. The van der Waals surface area contributed by atoms with E-state index in [1.807, 2.05) is 24.5 Å². The molecule has 70 valence electrons. The van der Waals surface area contributed by atoms with E-state index < -0.39 is 5.97 Å². The first-order valence-electron chi connectivity index (χ1n) is 3.71. The second-order valence-electron chi connectivity index (χ2n) is 2.33. The zero-order valence-corrected chi connectivity index (χ0v) is 8.00. The quantitative estimate of drug-likeness (QED) is 0.750. The van der Waals surface area contributed by atoms with Gasteiger partial charge in [0, 0.05) is 4.90 Å². The minimum atomic E-state index is -0.962. The highest BCUT2D eigenvalue weighted by atomic mass is 32.2. The van der Waals surface area contributed by atoms with Crippen LogP contribution in [0, 0.1) is 0 Å². The standard InChI is InChI=1S/C9H10O3S/c1-13-8-5-3-2-4-7(8)12-6-9(10)11/h2-5H,6H2,1H3,(H,10,11). The van der Waals surface area contributed by atoms with Crippen molar-refractivity contribution in [2.75, 3.05) is 12.9 Å². The fourth-order valence-corrected chi connectivity index (χ4v) is 1.42. The Balaban J connectivity index is 2.69. The van der Waals surface area contributed by atoms with Gasteiger partial charge in [-0.1, -0.05) is 12.1 Å². The molecule has 1 aromatic rings. The Bertz CT molecular complexity index is 299. The van der Waals surface area contributed by atoms with Gasteiger partial charge in [-0.15, -0.1) is 11.8 Å². The Morgan fingerprint density at radius 3 is 2.85 bits per heavy atom. The summed E-state index contributed by atoms with van der Waals surface area (Å²) < 4.78 is 5.07. The summed E-state index contributed by atoms with van der Waals surface area (Å²) in [7, 11) is 0. The van der Waals surface area contributed by atoms with Crippen LogP contribution in [0.25, 0.3) is 0 Å². The molecule has 0 radical (unpaired) electrons. The van der Waals surface area contributed by atoms with Gasteiger partial charge in [0.15, 0.2) is 6.61 Å². The molecule has 1 aromatic carbocycles. The van der Waals surface area contributed by atoms with Crippen molar-refractivity contribution in [2.45, 2.75) is 4.90 Å². The van der Waals surface area contributed by atoms with Crippen LogP contribution in [0.2, 0.25) is 0 Å². The first kappa shape index (κ1) is 9.92. The molecule has 0 heterocycles. The van der Waals surface area contributed by atoms with E-state index in [0.29, 0.717) is 5.75 Å². The van der Waals surface area contributed by atoms with E-state index in [0.717, 1.165) is 4.90 Å². The molecule has 0 spiro atoms. The predicted molar refractivity (Wildman–Crippen MR) is 51.4 cm³/mol. The number of carbonyl (C=O) groups is 1. The Labute approximate surface area is 80.7 Å². The summed E-state index contributed by atoms with van der Waals surface area (Å²) in [6, 6.07) is 7.35. The lowest BCUT2D eigenvalue weighted by molar-refractivity contribution is -0.139. The number of aliphatic carboxylic acids is 1. The summed E-state index contributed by atoms with van der Waals surface area (Å²) >= 11 is 1.53. The van der Waals surface area contributed by atoms with Gasteiger partial charge in [-0.05, 0) is 18.4 Å². The van der Waals surface area contributed by atoms with Crippen molar-refractivity contribution >= 4 is 17.7 Å². The second kappa shape index (κ2) is 4.77. The Kier molecular flexibility index (Phi) is 3.64. The van der Waals surface area contributed by atoms with Crippen LogP contribution in [-0.2, 0) is 4.79 Å². The Morgan fingerprint density at radius 2 is 2.23 bits per heavy atom. The first-order chi connectivity index (χ1) is 6.24. The fourth-order valence-electron chi connectivity index (χ4n) is 0.878. The maximum Gasteiger partial charge on any atom is 0.341 e. The molecule has 0 bridgehead atoms. The molecule has 0 fully saturated rings. The number of hydrogen-bond donors (Lipinski definition) is 1. The lowest BCUT2D eigenvalue weighted by Crippen LogP contribution is -2.09. The minimum Gasteiger partial charge on any atom is -0.481 e. The van der Waals surface area contributed by atoms with Gasteiger partial charge in [0.2, 0.25) is 0 Å². The Hall–Kier alpha value is -1.16. The highest BCUT2D eigenvalue weighted by Crippen LogP contribution is 2.26. The molecule has 13 heavy (non-hydrogen) atoms. The van der Waals surface area contributed by atoms with Gasteiger partial charge in [-0.25, -0.2) is 4.79 Å². The molecule has 0 saturated heterocycles. The molecule has 0 unspecified atom stereocenters. The normalized spacial score (nSPS) is 9.62. The summed E-state index contributed by atoms with van der Waals surface area (Å²) in [4.78, 5) is 11.2. The number of para-hydroxylation sites is 1. The largest absolute Gasteiger partial charge is 0.481 e. The van der Waals surface area contributed by atoms with Crippen molar-refractivity contribution in [3.05, 3.63) is 24.3 Å². The summed E-state index contributed by atoms with van der Waals surface area (Å²) in [5, 5.41) is 8.41. The minimum absolute atomic E-state index is 0.294. The maximum absolute atomic E-state index is 10.2. The SMILES string of the molecule is CSc1ccccc1OCC(=O)O. The summed E-state index contributed by atoms with van der Waals surface area (Å²) in [6.07, 6.45) is 1.92. The van der Waals surface area contributed by atoms with E-state index in [1.54, 1.807) is 6.07 Å². The van der Waals surface area contributed by atoms with Gasteiger partial charge in [0.05, 0.1) is 0 Å². The van der Waals surface area contributed by atoms with Gasteiger partial charge < -0.3 is 9.84 Å². The number of rotatable bonds is 4. The molecular weight excluding hydrogens is 188 g/mol. The molecule has 0 aliphatic rings. The first-order valence-corrected chi connectivity index (χ1v) is 4.94. The molecule has 1 rings (SSSR count). The molecule has 4 heteroatoms. The van der Waals surface area contributed by atoms with Crippen molar-refractivity contribution in [3.63, 3.8) is 0 Å². The number of carboxylic acid groups (broad SMARTS) is 1. The van der Waals surface area contributed by atoms with Crippen molar-refractivity contribution in [1.29, 1.82) is 0 Å². The summed E-state index contributed by atoms with van der Waals surface area (Å²) in [5.74, 6) is -0.340. The van der Waals surface area contributed by atoms with Crippen LogP contribution < -0.4 is 4.74 Å². The number of hydrogen-bond acceptors (Lipinski definition) is 3. The fraction of sp³-hybridized carbons (Fsp3) is 0.222. The van der Waals surface area contributed by atoms with Crippen LogP contribution >= 0.6 is 11.8 Å². The molecule has 0 aliphatic heterocycles. The molecule has 1 N–H and O–H groups in total. The third kappa shape index (κ3) is 2.99. The number of carboxylic acids is 1. The van der Waals surface area contributed by atoms with Crippen LogP contribution in [0.3, 0.4) is 0 Å². The Morgan fingerprint density at radius 1 is 1.54 bits per heavy atom. The molecule has 0 amide bonds.